The highest BCUT2D eigenvalue weighted by Crippen LogP contribution is 2.30. The lowest BCUT2D eigenvalue weighted by Crippen LogP contribution is -2.50. The zero-order valence-corrected chi connectivity index (χ0v) is 13.6. The fraction of sp³-hybridized carbons (Fsp3) is 0.867. The normalized spacial score (nSPS) is 30.6. The predicted molar refractivity (Wildman–Crippen MR) is 84.0 cm³/mol. The molecule has 0 aliphatic carbocycles. The third-order valence-corrected chi connectivity index (χ3v) is 5.98. The minimum Gasteiger partial charge on any atom is -0.337 e. The van der Waals surface area contributed by atoms with Gasteiger partial charge in [0, 0.05) is 18.6 Å². The number of hydrogen-bond donors (Lipinski definition) is 0. The molecule has 0 radical (unpaired) electrons. The second kappa shape index (κ2) is 6.57. The average molecular weight is 311 g/mol. The van der Waals surface area contributed by atoms with Crippen molar-refractivity contribution in [3.63, 3.8) is 0 Å². The topological polar surface area (TPSA) is 43.9 Å². The summed E-state index contributed by atoms with van der Waals surface area (Å²) >= 11 is 1.60. The number of nitrogens with zero attached hydrogens (tertiary/aromatic N) is 3. The van der Waals surface area contributed by atoms with E-state index in [1.807, 2.05) is 0 Å². The number of hydrogen-bond acceptors (Lipinski definition) is 4. The van der Waals surface area contributed by atoms with E-state index in [2.05, 4.69) is 16.7 Å². The molecule has 0 N–H and O–H groups in total. The summed E-state index contributed by atoms with van der Waals surface area (Å²) in [5.41, 5.74) is 0. The van der Waals surface area contributed by atoms with Crippen LogP contribution in [-0.2, 0) is 9.59 Å². The number of likely N-dealkylation sites (tertiary alicyclic amines) is 2. The highest BCUT2D eigenvalue weighted by atomic mass is 32.2. The molecule has 0 aromatic heterocycles. The molecule has 118 valence electrons. The molecule has 0 bridgehead atoms. The van der Waals surface area contributed by atoms with Gasteiger partial charge < -0.3 is 9.80 Å². The Morgan fingerprint density at radius 1 is 1.24 bits per heavy atom. The van der Waals surface area contributed by atoms with Crippen LogP contribution in [0.1, 0.15) is 32.6 Å². The van der Waals surface area contributed by atoms with Gasteiger partial charge in [-0.15, -0.1) is 11.8 Å². The minimum absolute atomic E-state index is 0.111. The van der Waals surface area contributed by atoms with Gasteiger partial charge in [0.05, 0.1) is 11.6 Å². The van der Waals surface area contributed by atoms with Gasteiger partial charge in [0.2, 0.25) is 11.8 Å². The number of thioether (sulfide) groups is 1. The lowest BCUT2D eigenvalue weighted by Gasteiger charge is -2.35. The van der Waals surface area contributed by atoms with Crippen LogP contribution in [0.2, 0.25) is 0 Å². The van der Waals surface area contributed by atoms with Gasteiger partial charge in [0.25, 0.3) is 0 Å². The van der Waals surface area contributed by atoms with Gasteiger partial charge in [-0.2, -0.15) is 0 Å². The van der Waals surface area contributed by atoms with Crippen molar-refractivity contribution in [3.8, 4) is 0 Å². The SMILES string of the molecule is CCN1CCC[C@@H]1[C@@H]1CCCN1C(=O)CN1CSCC1=O. The molecule has 21 heavy (non-hydrogen) atoms. The molecular weight excluding hydrogens is 286 g/mol. The summed E-state index contributed by atoms with van der Waals surface area (Å²) in [7, 11) is 0. The Hall–Kier alpha value is -0.750. The lowest BCUT2D eigenvalue weighted by atomic mass is 10.0. The molecule has 0 aromatic rings. The summed E-state index contributed by atoms with van der Waals surface area (Å²) in [5, 5.41) is 0. The first-order chi connectivity index (χ1) is 10.2. The van der Waals surface area contributed by atoms with Crippen molar-refractivity contribution >= 4 is 23.6 Å². The third-order valence-electron chi connectivity index (χ3n) is 5.04. The Bertz CT molecular complexity index is 418. The molecule has 3 saturated heterocycles. The number of carbonyl (C=O) groups excluding carboxylic acids is 2. The Morgan fingerprint density at radius 2 is 2.00 bits per heavy atom. The van der Waals surface area contributed by atoms with Crippen molar-refractivity contribution in [2.75, 3.05) is 37.8 Å². The van der Waals surface area contributed by atoms with Crippen molar-refractivity contribution in [1.82, 2.24) is 14.7 Å². The molecule has 3 rings (SSSR count). The highest BCUT2D eigenvalue weighted by molar-refractivity contribution is 8.00. The molecule has 6 heteroatoms. The summed E-state index contributed by atoms with van der Waals surface area (Å²) in [6, 6.07) is 0.899. The van der Waals surface area contributed by atoms with Crippen molar-refractivity contribution in [2.45, 2.75) is 44.7 Å². The molecular formula is C15H25N3O2S. The zero-order valence-electron chi connectivity index (χ0n) is 12.8. The van der Waals surface area contributed by atoms with Crippen LogP contribution < -0.4 is 0 Å². The number of carbonyl (C=O) groups is 2. The second-order valence-corrected chi connectivity index (χ2v) is 7.16. The summed E-state index contributed by atoms with van der Waals surface area (Å²) in [6.45, 7) is 5.60. The molecule has 3 aliphatic heterocycles. The van der Waals surface area contributed by atoms with E-state index in [1.165, 1.54) is 19.4 Å². The molecule has 0 spiro atoms. The van der Waals surface area contributed by atoms with Crippen LogP contribution in [0.25, 0.3) is 0 Å². The van der Waals surface area contributed by atoms with Crippen molar-refractivity contribution < 1.29 is 9.59 Å². The number of rotatable bonds is 4. The first-order valence-corrected chi connectivity index (χ1v) is 9.25. The number of amides is 2. The van der Waals surface area contributed by atoms with E-state index in [4.69, 9.17) is 0 Å². The lowest BCUT2D eigenvalue weighted by molar-refractivity contribution is -0.139. The molecule has 3 aliphatic rings. The van der Waals surface area contributed by atoms with Gasteiger partial charge in [-0.05, 0) is 38.8 Å². The summed E-state index contributed by atoms with van der Waals surface area (Å²) in [6.07, 6.45) is 4.68. The van der Waals surface area contributed by atoms with Crippen LogP contribution in [0.4, 0.5) is 0 Å². The van der Waals surface area contributed by atoms with Crippen LogP contribution in [0.3, 0.4) is 0 Å². The zero-order chi connectivity index (χ0) is 14.8. The van der Waals surface area contributed by atoms with E-state index < -0.39 is 0 Å². The van der Waals surface area contributed by atoms with Gasteiger partial charge in [-0.3, -0.25) is 14.5 Å². The van der Waals surface area contributed by atoms with Crippen LogP contribution in [0.5, 0.6) is 0 Å². The Morgan fingerprint density at radius 3 is 2.71 bits per heavy atom. The van der Waals surface area contributed by atoms with Crippen LogP contribution in [0, 0.1) is 0 Å². The summed E-state index contributed by atoms with van der Waals surface area (Å²) in [5.74, 6) is 1.47. The highest BCUT2D eigenvalue weighted by Gasteiger charge is 2.39. The molecule has 3 fully saturated rings. The van der Waals surface area contributed by atoms with Crippen LogP contribution in [-0.4, -0.2) is 76.4 Å². The smallest absolute Gasteiger partial charge is 0.242 e. The van der Waals surface area contributed by atoms with Crippen LogP contribution >= 0.6 is 11.8 Å². The van der Waals surface area contributed by atoms with E-state index in [1.54, 1.807) is 16.7 Å². The van der Waals surface area contributed by atoms with Gasteiger partial charge in [-0.1, -0.05) is 6.92 Å². The fourth-order valence-corrected chi connectivity index (χ4v) is 4.88. The number of likely N-dealkylation sites (N-methyl/N-ethyl adjacent to an activating group) is 1. The quantitative estimate of drug-likeness (QED) is 0.777. The third kappa shape index (κ3) is 3.06. The molecule has 0 aromatic carbocycles. The molecule has 0 unspecified atom stereocenters. The maximum absolute atomic E-state index is 12.6. The van der Waals surface area contributed by atoms with Gasteiger partial charge in [0.15, 0.2) is 0 Å². The first-order valence-electron chi connectivity index (χ1n) is 8.09. The average Bonchev–Trinajstić information content (AvgIpc) is 3.18. The monoisotopic (exact) mass is 311 g/mol. The minimum atomic E-state index is 0.111. The van der Waals surface area contributed by atoms with Crippen molar-refractivity contribution in [3.05, 3.63) is 0 Å². The van der Waals surface area contributed by atoms with Gasteiger partial charge in [-0.25, -0.2) is 0 Å². The van der Waals surface area contributed by atoms with Gasteiger partial charge in [0.1, 0.15) is 6.54 Å². The van der Waals surface area contributed by atoms with Crippen LogP contribution in [0.15, 0.2) is 0 Å². The molecule has 2 atom stereocenters. The first kappa shape index (κ1) is 15.2. The Kier molecular flexibility index (Phi) is 4.74. The van der Waals surface area contributed by atoms with E-state index in [9.17, 15) is 9.59 Å². The maximum atomic E-state index is 12.6. The second-order valence-electron chi connectivity index (χ2n) is 6.20. The molecule has 5 nitrogen and oxygen atoms in total. The summed E-state index contributed by atoms with van der Waals surface area (Å²) < 4.78 is 0. The van der Waals surface area contributed by atoms with E-state index in [0.29, 0.717) is 23.7 Å². The molecule has 0 saturated carbocycles. The standard InChI is InChI=1S/C15H25N3O2S/c1-2-16-7-3-5-12(16)13-6-4-8-18(13)14(19)9-17-11-21-10-15(17)20/h12-13H,2-11H2,1H3/t12-,13+/m1/s1. The molecule has 2 amide bonds. The Balaban J connectivity index is 1.63. The summed E-state index contributed by atoms with van der Waals surface area (Å²) in [4.78, 5) is 30.6. The maximum Gasteiger partial charge on any atom is 0.242 e. The fourth-order valence-electron chi connectivity index (χ4n) is 3.98. The largest absolute Gasteiger partial charge is 0.337 e. The van der Waals surface area contributed by atoms with E-state index in [-0.39, 0.29) is 18.4 Å². The molecule has 3 heterocycles. The predicted octanol–water partition coefficient (Wildman–Crippen LogP) is 0.995. The van der Waals surface area contributed by atoms with Crippen molar-refractivity contribution in [1.29, 1.82) is 0 Å². The van der Waals surface area contributed by atoms with Crippen molar-refractivity contribution in [2.24, 2.45) is 0 Å². The van der Waals surface area contributed by atoms with Gasteiger partial charge >= 0.3 is 0 Å². The van der Waals surface area contributed by atoms with E-state index in [0.717, 1.165) is 25.9 Å². The Labute approximate surface area is 131 Å². The van der Waals surface area contributed by atoms with E-state index >= 15 is 0 Å².